The maximum Gasteiger partial charge on any atom is 0.317 e. The van der Waals surface area contributed by atoms with Gasteiger partial charge in [-0.2, -0.15) is 0 Å². The van der Waals surface area contributed by atoms with Gasteiger partial charge < -0.3 is 10.0 Å². The van der Waals surface area contributed by atoms with Crippen molar-refractivity contribution in [2.75, 3.05) is 26.2 Å². The molecule has 1 aliphatic heterocycles. The molecule has 1 aromatic rings. The van der Waals surface area contributed by atoms with Crippen LogP contribution >= 0.6 is 27.3 Å². The Balaban J connectivity index is 1.90. The fraction of sp³-hybridized carbons (Fsp3) is 0.571. The van der Waals surface area contributed by atoms with Crippen molar-refractivity contribution >= 4 is 39.1 Å². The van der Waals surface area contributed by atoms with Gasteiger partial charge in [-0.25, -0.2) is 0 Å². The van der Waals surface area contributed by atoms with E-state index in [1.54, 1.807) is 0 Å². The lowest BCUT2D eigenvalue weighted by Gasteiger charge is -2.37. The zero-order chi connectivity index (χ0) is 15.4. The summed E-state index contributed by atoms with van der Waals surface area (Å²) < 4.78 is 0.935. The van der Waals surface area contributed by atoms with Gasteiger partial charge >= 0.3 is 5.97 Å². The average Bonchev–Trinajstić information content (AvgIpc) is 2.90. The number of nitrogens with zero attached hydrogens (tertiary/aromatic N) is 2. The number of hydrogen-bond acceptors (Lipinski definition) is 4. The van der Waals surface area contributed by atoms with Gasteiger partial charge in [-0.1, -0.05) is 6.92 Å². The Labute approximate surface area is 136 Å². The molecule has 1 N–H and O–H groups in total. The summed E-state index contributed by atoms with van der Waals surface area (Å²) in [6.07, 6.45) is 1.67. The number of rotatable bonds is 5. The van der Waals surface area contributed by atoms with Crippen LogP contribution in [0, 0.1) is 0 Å². The number of carbonyl (C=O) groups is 2. The summed E-state index contributed by atoms with van der Waals surface area (Å²) in [5.74, 6) is -0.718. The van der Waals surface area contributed by atoms with Gasteiger partial charge in [0.1, 0.15) is 0 Å². The minimum atomic E-state index is -0.793. The Hall–Kier alpha value is -0.920. The number of carboxylic acid groups (broad SMARTS) is 1. The van der Waals surface area contributed by atoms with Crippen molar-refractivity contribution in [3.63, 3.8) is 0 Å². The predicted octanol–water partition coefficient (Wildman–Crippen LogP) is 2.52. The summed E-state index contributed by atoms with van der Waals surface area (Å²) in [5.41, 5.74) is 0. The van der Waals surface area contributed by atoms with Crippen LogP contribution in [0.3, 0.4) is 0 Å². The zero-order valence-electron chi connectivity index (χ0n) is 11.9. The first kappa shape index (κ1) is 16.5. The van der Waals surface area contributed by atoms with Crippen molar-refractivity contribution in [1.82, 2.24) is 9.80 Å². The van der Waals surface area contributed by atoms with Crippen LogP contribution in [-0.2, 0) is 4.79 Å². The van der Waals surface area contributed by atoms with Gasteiger partial charge in [0.15, 0.2) is 0 Å². The highest BCUT2D eigenvalue weighted by molar-refractivity contribution is 9.10. The molecule has 0 unspecified atom stereocenters. The van der Waals surface area contributed by atoms with E-state index in [9.17, 15) is 9.59 Å². The summed E-state index contributed by atoms with van der Waals surface area (Å²) >= 11 is 4.81. The average molecular weight is 375 g/mol. The minimum absolute atomic E-state index is 0.0745. The molecule has 1 saturated heterocycles. The van der Waals surface area contributed by atoms with Crippen LogP contribution in [-0.4, -0.2) is 59.0 Å². The molecular formula is C14H19BrN2O3S. The van der Waals surface area contributed by atoms with Crippen LogP contribution < -0.4 is 0 Å². The van der Waals surface area contributed by atoms with Crippen LogP contribution in [0.1, 0.15) is 29.4 Å². The SMILES string of the molecule is CCN(CC(=O)O)C1CCN(C(=O)c2cc(Br)cs2)CC1. The van der Waals surface area contributed by atoms with Crippen LogP contribution in [0.25, 0.3) is 0 Å². The first-order valence-corrected chi connectivity index (χ1v) is 8.67. The van der Waals surface area contributed by atoms with E-state index in [0.717, 1.165) is 28.7 Å². The zero-order valence-corrected chi connectivity index (χ0v) is 14.3. The third kappa shape index (κ3) is 4.28. The standard InChI is InChI=1S/C14H19BrN2O3S/c1-2-16(8-13(18)19)11-3-5-17(6-4-11)14(20)12-7-10(15)9-21-12/h7,9,11H,2-6,8H2,1H3,(H,18,19). The first-order chi connectivity index (χ1) is 10.0. The Morgan fingerprint density at radius 3 is 2.62 bits per heavy atom. The first-order valence-electron chi connectivity index (χ1n) is 7.00. The number of aliphatic carboxylic acids is 1. The number of likely N-dealkylation sites (tertiary alicyclic amines) is 1. The molecule has 1 amide bonds. The Morgan fingerprint density at radius 2 is 2.14 bits per heavy atom. The molecule has 5 nitrogen and oxygen atoms in total. The quantitative estimate of drug-likeness (QED) is 0.859. The van der Waals surface area contributed by atoms with Crippen LogP contribution in [0.2, 0.25) is 0 Å². The number of amides is 1. The highest BCUT2D eigenvalue weighted by Gasteiger charge is 2.28. The van der Waals surface area contributed by atoms with Gasteiger partial charge in [0.05, 0.1) is 11.4 Å². The summed E-state index contributed by atoms with van der Waals surface area (Å²) in [6.45, 7) is 4.16. The van der Waals surface area contributed by atoms with E-state index < -0.39 is 5.97 Å². The lowest BCUT2D eigenvalue weighted by Crippen LogP contribution is -2.48. The second-order valence-corrected chi connectivity index (χ2v) is 6.94. The molecule has 0 atom stereocenters. The molecule has 1 fully saturated rings. The van der Waals surface area contributed by atoms with Crippen molar-refractivity contribution < 1.29 is 14.7 Å². The Bertz CT molecular complexity index is 512. The molecular weight excluding hydrogens is 356 g/mol. The fourth-order valence-corrected chi connectivity index (χ4v) is 4.08. The molecule has 0 aromatic carbocycles. The third-order valence-electron chi connectivity index (χ3n) is 3.79. The van der Waals surface area contributed by atoms with E-state index in [-0.39, 0.29) is 18.5 Å². The lowest BCUT2D eigenvalue weighted by atomic mass is 10.0. The van der Waals surface area contributed by atoms with Crippen LogP contribution in [0.4, 0.5) is 0 Å². The number of carbonyl (C=O) groups excluding carboxylic acids is 1. The summed E-state index contributed by atoms with van der Waals surface area (Å²) in [7, 11) is 0. The topological polar surface area (TPSA) is 60.9 Å². The van der Waals surface area contributed by atoms with E-state index in [4.69, 9.17) is 5.11 Å². The molecule has 0 aliphatic carbocycles. The van der Waals surface area contributed by atoms with Crippen molar-refractivity contribution in [2.24, 2.45) is 0 Å². The van der Waals surface area contributed by atoms with Gasteiger partial charge in [-0.15, -0.1) is 11.3 Å². The Morgan fingerprint density at radius 1 is 1.48 bits per heavy atom. The number of hydrogen-bond donors (Lipinski definition) is 1. The molecule has 2 rings (SSSR count). The van der Waals surface area contributed by atoms with Gasteiger partial charge in [0.25, 0.3) is 5.91 Å². The van der Waals surface area contributed by atoms with Crippen molar-refractivity contribution in [1.29, 1.82) is 0 Å². The minimum Gasteiger partial charge on any atom is -0.480 e. The van der Waals surface area contributed by atoms with Gasteiger partial charge in [0, 0.05) is 29.0 Å². The van der Waals surface area contributed by atoms with E-state index in [1.807, 2.05) is 28.2 Å². The molecule has 1 aromatic heterocycles. The van der Waals surface area contributed by atoms with E-state index in [0.29, 0.717) is 13.1 Å². The Kier molecular flexibility index (Phi) is 5.78. The molecule has 0 bridgehead atoms. The maximum atomic E-state index is 12.3. The van der Waals surface area contributed by atoms with Gasteiger partial charge in [-0.3, -0.25) is 14.5 Å². The van der Waals surface area contributed by atoms with Crippen LogP contribution in [0.15, 0.2) is 15.9 Å². The normalized spacial score (nSPS) is 16.4. The number of halogens is 1. The maximum absolute atomic E-state index is 12.3. The van der Waals surface area contributed by atoms with Crippen molar-refractivity contribution in [3.8, 4) is 0 Å². The van der Waals surface area contributed by atoms with E-state index in [1.165, 1.54) is 11.3 Å². The lowest BCUT2D eigenvalue weighted by molar-refractivity contribution is -0.139. The van der Waals surface area contributed by atoms with Crippen LogP contribution in [0.5, 0.6) is 0 Å². The summed E-state index contributed by atoms with van der Waals surface area (Å²) in [6, 6.07) is 2.10. The fourth-order valence-electron chi connectivity index (χ4n) is 2.69. The second-order valence-electron chi connectivity index (χ2n) is 5.11. The number of likely N-dealkylation sites (N-methyl/N-ethyl adjacent to an activating group) is 1. The molecule has 0 saturated carbocycles. The number of thiophene rings is 1. The molecule has 21 heavy (non-hydrogen) atoms. The highest BCUT2D eigenvalue weighted by atomic mass is 79.9. The monoisotopic (exact) mass is 374 g/mol. The molecule has 0 spiro atoms. The summed E-state index contributed by atoms with van der Waals surface area (Å²) in [5, 5.41) is 10.8. The number of piperidine rings is 1. The summed E-state index contributed by atoms with van der Waals surface area (Å²) in [4.78, 5) is 27.8. The predicted molar refractivity (Wildman–Crippen MR) is 85.8 cm³/mol. The van der Waals surface area contributed by atoms with Gasteiger partial charge in [0.2, 0.25) is 0 Å². The van der Waals surface area contributed by atoms with E-state index in [2.05, 4.69) is 15.9 Å². The van der Waals surface area contributed by atoms with Crippen molar-refractivity contribution in [2.45, 2.75) is 25.8 Å². The van der Waals surface area contributed by atoms with E-state index >= 15 is 0 Å². The molecule has 0 radical (unpaired) electrons. The highest BCUT2D eigenvalue weighted by Crippen LogP contribution is 2.24. The molecule has 116 valence electrons. The van der Waals surface area contributed by atoms with Gasteiger partial charge in [-0.05, 0) is 41.4 Å². The second kappa shape index (κ2) is 7.38. The largest absolute Gasteiger partial charge is 0.480 e. The number of carboxylic acids is 1. The third-order valence-corrected chi connectivity index (χ3v) is 5.47. The molecule has 1 aliphatic rings. The van der Waals surface area contributed by atoms with Crippen molar-refractivity contribution in [3.05, 3.63) is 20.8 Å². The smallest absolute Gasteiger partial charge is 0.317 e. The molecule has 2 heterocycles. The molecule has 7 heteroatoms.